The van der Waals surface area contributed by atoms with Gasteiger partial charge in [-0.2, -0.15) is 0 Å². The highest BCUT2D eigenvalue weighted by atomic mass is 16.5. The number of allylic oxidation sites excluding steroid dienone is 3. The maximum absolute atomic E-state index is 12.4. The number of nitrogen functional groups attached to an aromatic ring is 1. The van der Waals surface area contributed by atoms with Crippen molar-refractivity contribution in [1.82, 2.24) is 15.0 Å². The molecule has 6 rings (SSSR count). The Hall–Kier alpha value is -2.93. The van der Waals surface area contributed by atoms with Gasteiger partial charge in [-0.25, -0.2) is 0 Å². The molecule has 3 fully saturated rings. The van der Waals surface area contributed by atoms with Crippen LogP contribution in [-0.4, -0.2) is 32.5 Å². The Morgan fingerprint density at radius 1 is 1.26 bits per heavy atom. The second kappa shape index (κ2) is 10.2. The largest absolute Gasteiger partial charge is 0.494 e. The van der Waals surface area contributed by atoms with Crippen molar-refractivity contribution in [3.05, 3.63) is 65.5 Å². The van der Waals surface area contributed by atoms with E-state index in [-0.39, 0.29) is 11.3 Å². The number of aryl methyl sites for hydroxylation is 1. The number of fused-ring (bicyclic) bond motifs is 5. The molecule has 2 aromatic rings. The molecule has 7 heteroatoms. The van der Waals surface area contributed by atoms with E-state index in [4.69, 9.17) is 15.9 Å². The first-order valence-corrected chi connectivity index (χ1v) is 14.9. The molecular weight excluding hydrogens is 486 g/mol. The predicted molar refractivity (Wildman–Crippen MR) is 152 cm³/mol. The average molecular weight is 530 g/mol. The third kappa shape index (κ3) is 4.33. The molecule has 1 aromatic carbocycles. The lowest BCUT2D eigenvalue weighted by atomic mass is 9.48. The van der Waals surface area contributed by atoms with Gasteiger partial charge >= 0.3 is 0 Å². The van der Waals surface area contributed by atoms with Gasteiger partial charge < -0.3 is 15.6 Å². The summed E-state index contributed by atoms with van der Waals surface area (Å²) in [5, 5.41) is 28.9. The monoisotopic (exact) mass is 529 g/mol. The molecule has 0 amide bonds. The molecule has 4 aliphatic rings. The number of nitrogens with one attached hydrogen (secondary N) is 1. The van der Waals surface area contributed by atoms with E-state index in [0.717, 1.165) is 43.5 Å². The molecule has 0 unspecified atom stereocenters. The van der Waals surface area contributed by atoms with Crippen LogP contribution in [-0.2, 0) is 12.1 Å². The molecule has 0 aliphatic heterocycles. The molecule has 4 aliphatic carbocycles. The fourth-order valence-electron chi connectivity index (χ4n) is 8.94. The summed E-state index contributed by atoms with van der Waals surface area (Å²) >= 11 is 0. The fraction of sp³-hybridized carbons (Fsp3) is 0.594. The Labute approximate surface area is 232 Å². The van der Waals surface area contributed by atoms with Gasteiger partial charge in [0.15, 0.2) is 0 Å². The summed E-state index contributed by atoms with van der Waals surface area (Å²) in [6.07, 6.45) is 15.3. The van der Waals surface area contributed by atoms with E-state index in [1.807, 2.05) is 23.0 Å². The summed E-state index contributed by atoms with van der Waals surface area (Å²) in [5.41, 5.74) is 8.83. The first-order valence-electron chi connectivity index (χ1n) is 14.9. The Balaban J connectivity index is 1.14. The van der Waals surface area contributed by atoms with E-state index >= 15 is 0 Å². The zero-order valence-electron chi connectivity index (χ0n) is 23.2. The van der Waals surface area contributed by atoms with Crippen molar-refractivity contribution in [2.75, 3.05) is 6.61 Å². The normalized spacial score (nSPS) is 33.6. The van der Waals surface area contributed by atoms with Crippen LogP contribution in [0.25, 0.3) is 0 Å². The van der Waals surface area contributed by atoms with Gasteiger partial charge in [0.05, 0.1) is 12.8 Å². The van der Waals surface area contributed by atoms with E-state index in [0.29, 0.717) is 42.4 Å². The van der Waals surface area contributed by atoms with Gasteiger partial charge in [-0.1, -0.05) is 35.9 Å². The van der Waals surface area contributed by atoms with Gasteiger partial charge in [0.25, 0.3) is 0 Å². The lowest BCUT2D eigenvalue weighted by Gasteiger charge is -2.57. The summed E-state index contributed by atoms with van der Waals surface area (Å²) in [6, 6.07) is 7.25. The molecule has 6 atom stereocenters. The fourth-order valence-corrected chi connectivity index (χ4v) is 8.94. The summed E-state index contributed by atoms with van der Waals surface area (Å²) in [5.74, 6) is 3.21. The smallest absolute Gasteiger partial charge is 0.122 e. The number of nitrogens with two attached hydrogens (primary N) is 1. The van der Waals surface area contributed by atoms with Gasteiger partial charge in [-0.05, 0) is 106 Å². The maximum atomic E-state index is 12.4. The Kier molecular flexibility index (Phi) is 6.90. The van der Waals surface area contributed by atoms with Crippen LogP contribution >= 0.6 is 0 Å². The standard InChI is InChI=1S/C32H43N5O2/c1-3-31-19-21(2)29-25-8-5-4-7-22(25)11-14-26(29)27(31)15-16-32(31,38)28-20-37(36-35-28)17-6-18-39-24-12-9-23(10-13-24)30(33)34/h7,9-10,12-13,20,25-27,29,38H,2-6,8,11,14-19H2,1H3,(H3,33,34)/t25-,26-,27-,29+,31-,32+/m0/s1. The molecule has 1 aromatic heterocycles. The SMILES string of the molecule is C=C1C[C@@]2(CC)[C@@H](CC[C@@]2(O)c2cn(CCCOc3ccc(C(=N)N)cc3)nn2)[C@@H]2CCC3=CCCC[C@@H]3[C@@H]12. The first-order chi connectivity index (χ1) is 18.9. The molecule has 0 bridgehead atoms. The second-order valence-electron chi connectivity index (χ2n) is 12.4. The van der Waals surface area contributed by atoms with Crippen molar-refractivity contribution in [2.45, 2.75) is 83.3 Å². The number of amidine groups is 1. The van der Waals surface area contributed by atoms with Crippen molar-refractivity contribution >= 4 is 5.84 Å². The van der Waals surface area contributed by atoms with Gasteiger partial charge in [-0.3, -0.25) is 10.1 Å². The number of hydrogen-bond acceptors (Lipinski definition) is 5. The molecule has 0 spiro atoms. The summed E-state index contributed by atoms with van der Waals surface area (Å²) < 4.78 is 7.71. The van der Waals surface area contributed by atoms with Gasteiger partial charge in [-0.15, -0.1) is 5.10 Å². The highest BCUT2D eigenvalue weighted by molar-refractivity contribution is 5.94. The minimum absolute atomic E-state index is 0.0511. The van der Waals surface area contributed by atoms with Gasteiger partial charge in [0.2, 0.25) is 0 Å². The van der Waals surface area contributed by atoms with E-state index in [2.05, 4.69) is 29.9 Å². The third-order valence-corrected chi connectivity index (χ3v) is 10.7. The molecule has 0 radical (unpaired) electrons. The number of ether oxygens (including phenoxy) is 1. The topological polar surface area (TPSA) is 110 Å². The minimum atomic E-state index is -0.962. The molecule has 3 saturated carbocycles. The number of hydrogen-bond donors (Lipinski definition) is 3. The lowest BCUT2D eigenvalue weighted by molar-refractivity contribution is -0.122. The summed E-state index contributed by atoms with van der Waals surface area (Å²) in [7, 11) is 0. The predicted octanol–water partition coefficient (Wildman–Crippen LogP) is 5.74. The number of rotatable bonds is 8. The lowest BCUT2D eigenvalue weighted by Crippen LogP contribution is -2.53. The third-order valence-electron chi connectivity index (χ3n) is 10.7. The molecule has 7 nitrogen and oxygen atoms in total. The summed E-state index contributed by atoms with van der Waals surface area (Å²) in [4.78, 5) is 0. The van der Waals surface area contributed by atoms with Crippen LogP contribution in [0.15, 0.2) is 54.3 Å². The van der Waals surface area contributed by atoms with Crippen LogP contribution in [0.3, 0.4) is 0 Å². The van der Waals surface area contributed by atoms with E-state index < -0.39 is 5.60 Å². The van der Waals surface area contributed by atoms with Crippen LogP contribution < -0.4 is 10.5 Å². The van der Waals surface area contributed by atoms with Crippen LogP contribution in [0.4, 0.5) is 0 Å². The second-order valence-corrected chi connectivity index (χ2v) is 12.4. The minimum Gasteiger partial charge on any atom is -0.494 e. The Morgan fingerprint density at radius 2 is 2.08 bits per heavy atom. The number of nitrogens with zero attached hydrogens (tertiary/aromatic N) is 3. The average Bonchev–Trinajstić information content (AvgIpc) is 3.55. The van der Waals surface area contributed by atoms with E-state index in [1.165, 1.54) is 37.7 Å². The van der Waals surface area contributed by atoms with Crippen molar-refractivity contribution in [2.24, 2.45) is 34.8 Å². The number of benzene rings is 1. The van der Waals surface area contributed by atoms with Crippen LogP contribution in [0.5, 0.6) is 5.75 Å². The highest BCUT2D eigenvalue weighted by Crippen LogP contribution is 2.69. The Bertz CT molecular complexity index is 1270. The first kappa shape index (κ1) is 26.3. The van der Waals surface area contributed by atoms with Crippen LogP contribution in [0.2, 0.25) is 0 Å². The molecular formula is C32H43N5O2. The number of aromatic nitrogens is 3. The zero-order valence-corrected chi connectivity index (χ0v) is 23.2. The molecule has 208 valence electrons. The van der Waals surface area contributed by atoms with E-state index in [1.54, 1.807) is 17.7 Å². The summed E-state index contributed by atoms with van der Waals surface area (Å²) in [6.45, 7) is 8.16. The van der Waals surface area contributed by atoms with Crippen molar-refractivity contribution in [3.63, 3.8) is 0 Å². The molecule has 1 heterocycles. The maximum Gasteiger partial charge on any atom is 0.122 e. The van der Waals surface area contributed by atoms with Gasteiger partial charge in [0, 0.05) is 23.9 Å². The van der Waals surface area contributed by atoms with E-state index in [9.17, 15) is 5.11 Å². The molecule has 39 heavy (non-hydrogen) atoms. The molecule has 0 saturated heterocycles. The van der Waals surface area contributed by atoms with Crippen molar-refractivity contribution in [1.29, 1.82) is 5.41 Å². The Morgan fingerprint density at radius 3 is 2.85 bits per heavy atom. The molecule has 4 N–H and O–H groups in total. The van der Waals surface area contributed by atoms with Crippen molar-refractivity contribution < 1.29 is 9.84 Å². The quantitative estimate of drug-likeness (QED) is 0.175. The zero-order chi connectivity index (χ0) is 27.2. The van der Waals surface area contributed by atoms with Gasteiger partial charge in [0.1, 0.15) is 22.9 Å². The van der Waals surface area contributed by atoms with Crippen LogP contribution in [0.1, 0.15) is 82.4 Å². The van der Waals surface area contributed by atoms with Crippen molar-refractivity contribution in [3.8, 4) is 5.75 Å². The number of aliphatic hydroxyl groups is 1. The van der Waals surface area contributed by atoms with Crippen LogP contribution in [0, 0.1) is 34.5 Å². The highest BCUT2D eigenvalue weighted by Gasteiger charge is 2.66.